The lowest BCUT2D eigenvalue weighted by Gasteiger charge is -2.15. The van der Waals surface area contributed by atoms with Gasteiger partial charge in [0.1, 0.15) is 11.5 Å². The molecule has 0 aliphatic rings. The summed E-state index contributed by atoms with van der Waals surface area (Å²) >= 11 is 0. The summed E-state index contributed by atoms with van der Waals surface area (Å²) in [4.78, 5) is 18.9. The van der Waals surface area contributed by atoms with Crippen LogP contribution in [0.3, 0.4) is 0 Å². The first-order valence-electron chi connectivity index (χ1n) is 8.49. The maximum absolute atomic E-state index is 12.7. The molecule has 0 bridgehead atoms. The maximum atomic E-state index is 12.7. The second-order valence-corrected chi connectivity index (χ2v) is 6.29. The molecule has 1 N–H and O–H groups in total. The molecule has 0 fully saturated rings. The van der Waals surface area contributed by atoms with Crippen molar-refractivity contribution in [3.05, 3.63) is 47.4 Å². The highest BCUT2D eigenvalue weighted by molar-refractivity contribution is 5.97. The number of amides is 1. The second-order valence-electron chi connectivity index (χ2n) is 6.29. The number of nitrogens with zero attached hydrogens (tertiary/aromatic N) is 3. The number of benzene rings is 1. The van der Waals surface area contributed by atoms with Gasteiger partial charge in [-0.25, -0.2) is 4.98 Å². The lowest BCUT2D eigenvalue weighted by molar-refractivity contribution is 0.0775. The van der Waals surface area contributed by atoms with E-state index in [0.717, 1.165) is 28.5 Å². The lowest BCUT2D eigenvalue weighted by atomic mass is 10.1. The lowest BCUT2D eigenvalue weighted by Crippen LogP contribution is -2.25. The normalized spacial score (nSPS) is 11.1. The molecule has 0 saturated heterocycles. The third kappa shape index (κ3) is 3.72. The van der Waals surface area contributed by atoms with Crippen LogP contribution >= 0.6 is 0 Å². The smallest absolute Gasteiger partial charge is 0.254 e. The van der Waals surface area contributed by atoms with Crippen molar-refractivity contribution in [1.29, 1.82) is 0 Å². The van der Waals surface area contributed by atoms with Crippen molar-refractivity contribution < 1.29 is 13.9 Å². The van der Waals surface area contributed by atoms with E-state index in [0.29, 0.717) is 25.3 Å². The monoisotopic (exact) mass is 356 g/mol. The number of hydrogen-bond donors (Lipinski definition) is 1. The van der Waals surface area contributed by atoms with Gasteiger partial charge in [-0.15, -0.1) is 0 Å². The van der Waals surface area contributed by atoms with Crippen molar-refractivity contribution >= 4 is 22.9 Å². The van der Waals surface area contributed by atoms with Crippen molar-refractivity contribution in [1.82, 2.24) is 14.5 Å². The van der Waals surface area contributed by atoms with E-state index in [1.165, 1.54) is 0 Å². The van der Waals surface area contributed by atoms with Crippen molar-refractivity contribution in [3.8, 4) is 0 Å². The van der Waals surface area contributed by atoms with E-state index < -0.39 is 0 Å². The van der Waals surface area contributed by atoms with Crippen LogP contribution in [-0.2, 0) is 18.3 Å². The minimum atomic E-state index is -0.0690. The molecular formula is C19H24N4O3. The van der Waals surface area contributed by atoms with Crippen LogP contribution in [0, 0.1) is 6.92 Å². The molecular weight excluding hydrogens is 332 g/mol. The first kappa shape index (κ1) is 18.0. The number of furan rings is 1. The number of carbonyl (C=O) groups is 1. The van der Waals surface area contributed by atoms with Gasteiger partial charge in [0.05, 0.1) is 24.2 Å². The Morgan fingerprint density at radius 3 is 2.85 bits per heavy atom. The molecule has 2 heterocycles. The van der Waals surface area contributed by atoms with Crippen LogP contribution < -0.4 is 5.32 Å². The Balaban J connectivity index is 1.78. The average Bonchev–Trinajstić information content (AvgIpc) is 3.17. The van der Waals surface area contributed by atoms with Gasteiger partial charge in [-0.3, -0.25) is 4.79 Å². The van der Waals surface area contributed by atoms with E-state index in [-0.39, 0.29) is 5.91 Å². The summed E-state index contributed by atoms with van der Waals surface area (Å²) < 4.78 is 12.6. The average molecular weight is 356 g/mol. The number of imidazole rings is 1. The van der Waals surface area contributed by atoms with Crippen molar-refractivity contribution in [2.75, 3.05) is 32.6 Å². The Morgan fingerprint density at radius 1 is 1.35 bits per heavy atom. The third-order valence-corrected chi connectivity index (χ3v) is 4.25. The summed E-state index contributed by atoms with van der Waals surface area (Å²) in [7, 11) is 5.37. The van der Waals surface area contributed by atoms with Gasteiger partial charge in [0.25, 0.3) is 5.91 Å². The van der Waals surface area contributed by atoms with E-state index in [2.05, 4.69) is 10.3 Å². The number of hydrogen-bond acceptors (Lipinski definition) is 5. The van der Waals surface area contributed by atoms with Gasteiger partial charge < -0.3 is 23.9 Å². The second kappa shape index (κ2) is 7.61. The van der Waals surface area contributed by atoms with Crippen LogP contribution in [0.4, 0.5) is 5.95 Å². The van der Waals surface area contributed by atoms with Crippen molar-refractivity contribution in [2.24, 2.45) is 7.05 Å². The van der Waals surface area contributed by atoms with E-state index in [4.69, 9.17) is 9.15 Å². The van der Waals surface area contributed by atoms with Gasteiger partial charge in [0.15, 0.2) is 0 Å². The minimum absolute atomic E-state index is 0.0690. The Labute approximate surface area is 152 Å². The third-order valence-electron chi connectivity index (χ3n) is 4.25. The summed E-state index contributed by atoms with van der Waals surface area (Å²) in [6.07, 6.45) is 0. The number of carbonyl (C=O) groups excluding carboxylic acids is 1. The maximum Gasteiger partial charge on any atom is 0.254 e. The number of rotatable bonds is 7. The zero-order valence-electron chi connectivity index (χ0n) is 15.6. The molecule has 3 aromatic rings. The van der Waals surface area contributed by atoms with Crippen LogP contribution in [0.25, 0.3) is 11.0 Å². The molecule has 7 nitrogen and oxygen atoms in total. The highest BCUT2D eigenvalue weighted by Crippen LogP contribution is 2.21. The number of methoxy groups -OCH3 is 1. The van der Waals surface area contributed by atoms with Crippen LogP contribution in [0.5, 0.6) is 0 Å². The number of aryl methyl sites for hydroxylation is 2. The van der Waals surface area contributed by atoms with Gasteiger partial charge in [0, 0.05) is 33.3 Å². The van der Waals surface area contributed by atoms with E-state index in [1.54, 1.807) is 19.1 Å². The summed E-state index contributed by atoms with van der Waals surface area (Å²) in [6.45, 7) is 3.59. The van der Waals surface area contributed by atoms with Gasteiger partial charge >= 0.3 is 0 Å². The number of nitrogens with one attached hydrogen (secondary N) is 1. The van der Waals surface area contributed by atoms with Crippen LogP contribution in [0.2, 0.25) is 0 Å². The predicted octanol–water partition coefficient (Wildman–Crippen LogP) is 2.81. The molecule has 26 heavy (non-hydrogen) atoms. The Bertz CT molecular complexity index is 913. The number of ether oxygens (including phenoxy) is 1. The Hall–Kier alpha value is -2.80. The fraction of sp³-hybridized carbons (Fsp3) is 0.368. The molecule has 0 unspecified atom stereocenters. The quantitative estimate of drug-likeness (QED) is 0.659. The molecule has 0 spiro atoms. The topological polar surface area (TPSA) is 72.5 Å². The molecule has 0 aliphatic carbocycles. The summed E-state index contributed by atoms with van der Waals surface area (Å²) in [5.41, 5.74) is 2.34. The highest BCUT2D eigenvalue weighted by Gasteiger charge is 2.16. The molecule has 3 rings (SSSR count). The highest BCUT2D eigenvalue weighted by atomic mass is 16.5. The fourth-order valence-corrected chi connectivity index (χ4v) is 2.85. The molecule has 2 aromatic heterocycles. The van der Waals surface area contributed by atoms with Gasteiger partial charge in [-0.2, -0.15) is 0 Å². The standard InChI is InChI=1S/C19H24N4O3/c1-13-5-7-15(26-13)12-22(2)18(24)14-6-8-17-16(11-14)21-19(23(17)3)20-9-10-25-4/h5-8,11H,9-10,12H2,1-4H3,(H,20,21). The van der Waals surface area contributed by atoms with Crippen LogP contribution in [0.1, 0.15) is 21.9 Å². The largest absolute Gasteiger partial charge is 0.464 e. The molecule has 0 aliphatic heterocycles. The number of aromatic nitrogens is 2. The molecule has 138 valence electrons. The minimum Gasteiger partial charge on any atom is -0.464 e. The number of fused-ring (bicyclic) bond motifs is 1. The first-order chi connectivity index (χ1) is 12.5. The molecule has 0 saturated carbocycles. The molecule has 0 radical (unpaired) electrons. The zero-order chi connectivity index (χ0) is 18.7. The van der Waals surface area contributed by atoms with Crippen molar-refractivity contribution in [3.63, 3.8) is 0 Å². The zero-order valence-corrected chi connectivity index (χ0v) is 15.6. The van der Waals surface area contributed by atoms with Crippen LogP contribution in [-0.4, -0.2) is 47.7 Å². The van der Waals surface area contributed by atoms with E-state index in [9.17, 15) is 4.79 Å². The first-order valence-corrected chi connectivity index (χ1v) is 8.49. The van der Waals surface area contributed by atoms with Gasteiger partial charge in [-0.1, -0.05) is 0 Å². The van der Waals surface area contributed by atoms with Gasteiger partial charge in [-0.05, 0) is 37.3 Å². The summed E-state index contributed by atoms with van der Waals surface area (Å²) in [6, 6.07) is 9.35. The van der Waals surface area contributed by atoms with Gasteiger partial charge in [0.2, 0.25) is 5.95 Å². The SMILES string of the molecule is COCCNc1nc2cc(C(=O)N(C)Cc3ccc(C)o3)ccc2n1C. The Kier molecular flexibility index (Phi) is 5.27. The van der Waals surface area contributed by atoms with E-state index in [1.807, 2.05) is 48.9 Å². The fourth-order valence-electron chi connectivity index (χ4n) is 2.85. The van der Waals surface area contributed by atoms with Crippen LogP contribution in [0.15, 0.2) is 34.7 Å². The summed E-state index contributed by atoms with van der Waals surface area (Å²) in [5.74, 6) is 2.28. The van der Waals surface area contributed by atoms with Crippen molar-refractivity contribution in [2.45, 2.75) is 13.5 Å². The Morgan fingerprint density at radius 2 is 2.15 bits per heavy atom. The number of anilines is 1. The molecule has 1 aromatic carbocycles. The summed E-state index contributed by atoms with van der Waals surface area (Å²) in [5, 5.41) is 3.23. The molecule has 1 amide bonds. The molecule has 7 heteroatoms. The van der Waals surface area contributed by atoms with E-state index >= 15 is 0 Å². The predicted molar refractivity (Wildman–Crippen MR) is 100 cm³/mol. The molecule has 0 atom stereocenters.